The maximum atomic E-state index is 5.61. The Morgan fingerprint density at radius 1 is 1.82 bits per heavy atom. The number of hydrogen-bond donors (Lipinski definition) is 1. The number of fused-ring (bicyclic) bond motifs is 1. The lowest BCUT2D eigenvalue weighted by molar-refractivity contribution is 0.536. The van der Waals surface area contributed by atoms with Crippen LogP contribution in [0.15, 0.2) is 6.33 Å². The summed E-state index contributed by atoms with van der Waals surface area (Å²) in [6.07, 6.45) is 4.25. The van der Waals surface area contributed by atoms with E-state index in [0.717, 1.165) is 13.0 Å². The van der Waals surface area contributed by atoms with E-state index in [1.165, 1.54) is 17.8 Å². The molecule has 0 bridgehead atoms. The molecule has 1 aromatic heterocycles. The number of imidazole rings is 1. The van der Waals surface area contributed by atoms with E-state index in [9.17, 15) is 0 Å². The van der Waals surface area contributed by atoms with E-state index < -0.39 is 0 Å². The molecule has 1 aliphatic rings. The smallest absolute Gasteiger partial charge is 0.0954 e. The molecule has 2 heterocycles. The largest absolute Gasteiger partial charge is 0.330 e. The molecule has 1 atom stereocenters. The van der Waals surface area contributed by atoms with E-state index in [2.05, 4.69) is 16.5 Å². The van der Waals surface area contributed by atoms with Gasteiger partial charge in [-0.1, -0.05) is 0 Å². The summed E-state index contributed by atoms with van der Waals surface area (Å²) in [5.41, 5.74) is 8.15. The van der Waals surface area contributed by atoms with Crippen LogP contribution in [0.4, 0.5) is 0 Å². The molecule has 1 aromatic rings. The molecule has 0 saturated heterocycles. The van der Waals surface area contributed by atoms with Crippen molar-refractivity contribution in [1.82, 2.24) is 9.55 Å². The highest BCUT2D eigenvalue weighted by Crippen LogP contribution is 2.26. The molecule has 0 aromatic carbocycles. The number of hydrogen-bond acceptors (Lipinski definition) is 2. The summed E-state index contributed by atoms with van der Waals surface area (Å²) in [6, 6.07) is 0.506. The Bertz CT molecular complexity index is 264. The molecule has 0 spiro atoms. The predicted octanol–water partition coefficient (Wildman–Crippen LogP) is 0.638. The Morgan fingerprint density at radius 3 is 3.36 bits per heavy atom. The van der Waals surface area contributed by atoms with Crippen LogP contribution < -0.4 is 5.73 Å². The van der Waals surface area contributed by atoms with Crippen LogP contribution in [0.3, 0.4) is 0 Å². The first-order valence-corrected chi connectivity index (χ1v) is 4.05. The van der Waals surface area contributed by atoms with E-state index in [1.54, 1.807) is 0 Å². The number of nitrogens with two attached hydrogens (primary N) is 1. The number of aryl methyl sites for hydroxylation is 1. The number of nitrogens with zero attached hydrogens (tertiary/aromatic N) is 2. The highest BCUT2D eigenvalue weighted by Gasteiger charge is 2.21. The molecule has 2 rings (SSSR count). The van der Waals surface area contributed by atoms with Gasteiger partial charge in [0.25, 0.3) is 0 Å². The van der Waals surface area contributed by atoms with Crippen LogP contribution in [-0.2, 0) is 6.42 Å². The van der Waals surface area contributed by atoms with Crippen molar-refractivity contribution < 1.29 is 0 Å². The zero-order chi connectivity index (χ0) is 7.84. The second-order valence-electron chi connectivity index (χ2n) is 3.11. The third kappa shape index (κ3) is 0.878. The molecule has 1 unspecified atom stereocenters. The molecule has 2 N–H and O–H groups in total. The average molecular weight is 151 g/mol. The normalized spacial score (nSPS) is 22.2. The van der Waals surface area contributed by atoms with Crippen molar-refractivity contribution in [2.24, 2.45) is 5.73 Å². The topological polar surface area (TPSA) is 43.8 Å². The molecule has 0 radical (unpaired) electrons. The predicted molar refractivity (Wildman–Crippen MR) is 43.4 cm³/mol. The summed E-state index contributed by atoms with van der Waals surface area (Å²) in [7, 11) is 0. The lowest BCUT2D eigenvalue weighted by Crippen LogP contribution is -2.14. The van der Waals surface area contributed by atoms with Gasteiger partial charge in [0.2, 0.25) is 0 Å². The third-order valence-corrected chi connectivity index (χ3v) is 2.48. The zero-order valence-electron chi connectivity index (χ0n) is 6.75. The zero-order valence-corrected chi connectivity index (χ0v) is 6.75. The highest BCUT2D eigenvalue weighted by atomic mass is 15.1. The molecule has 0 saturated carbocycles. The van der Waals surface area contributed by atoms with Gasteiger partial charge in [0.05, 0.1) is 12.0 Å². The Kier molecular flexibility index (Phi) is 1.46. The second-order valence-corrected chi connectivity index (χ2v) is 3.11. The van der Waals surface area contributed by atoms with Gasteiger partial charge in [0, 0.05) is 18.3 Å². The molecule has 11 heavy (non-hydrogen) atoms. The van der Waals surface area contributed by atoms with Gasteiger partial charge < -0.3 is 10.3 Å². The van der Waals surface area contributed by atoms with Crippen LogP contribution in [-0.4, -0.2) is 16.1 Å². The van der Waals surface area contributed by atoms with Crippen molar-refractivity contribution in [3.63, 3.8) is 0 Å². The van der Waals surface area contributed by atoms with Gasteiger partial charge in [-0.15, -0.1) is 0 Å². The lowest BCUT2D eigenvalue weighted by Gasteiger charge is -2.07. The summed E-state index contributed by atoms with van der Waals surface area (Å²) >= 11 is 0. The Hall–Kier alpha value is -0.830. The maximum absolute atomic E-state index is 5.61. The monoisotopic (exact) mass is 151 g/mol. The fraction of sp³-hybridized carbons (Fsp3) is 0.625. The minimum atomic E-state index is 0.506. The van der Waals surface area contributed by atoms with Crippen LogP contribution in [0, 0.1) is 6.92 Å². The molecule has 0 amide bonds. The molecule has 60 valence electrons. The van der Waals surface area contributed by atoms with E-state index in [-0.39, 0.29) is 0 Å². The SMILES string of the molecule is Cc1ncn2c1CCC2CN. The second kappa shape index (κ2) is 2.34. The number of rotatable bonds is 1. The van der Waals surface area contributed by atoms with E-state index in [0.29, 0.717) is 6.04 Å². The van der Waals surface area contributed by atoms with Gasteiger partial charge in [-0.3, -0.25) is 0 Å². The standard InChI is InChI=1S/C8H13N3/c1-6-8-3-2-7(4-9)11(8)5-10-6/h5,7H,2-4,9H2,1H3. The summed E-state index contributed by atoms with van der Waals surface area (Å²) in [6.45, 7) is 2.80. The van der Waals surface area contributed by atoms with Crippen LogP contribution in [0.25, 0.3) is 0 Å². The molecule has 0 fully saturated rings. The van der Waals surface area contributed by atoms with Crippen LogP contribution in [0.1, 0.15) is 23.9 Å². The van der Waals surface area contributed by atoms with Gasteiger partial charge in [0.1, 0.15) is 0 Å². The van der Waals surface area contributed by atoms with Gasteiger partial charge in [-0.05, 0) is 19.8 Å². The Morgan fingerprint density at radius 2 is 2.64 bits per heavy atom. The van der Waals surface area contributed by atoms with Gasteiger partial charge in [0.15, 0.2) is 0 Å². The quantitative estimate of drug-likeness (QED) is 0.640. The lowest BCUT2D eigenvalue weighted by atomic mass is 10.2. The fourth-order valence-corrected chi connectivity index (χ4v) is 1.78. The average Bonchev–Trinajstić information content (AvgIpc) is 2.53. The maximum Gasteiger partial charge on any atom is 0.0954 e. The third-order valence-electron chi connectivity index (χ3n) is 2.48. The van der Waals surface area contributed by atoms with Gasteiger partial charge >= 0.3 is 0 Å². The molecule has 3 nitrogen and oxygen atoms in total. The van der Waals surface area contributed by atoms with Crippen LogP contribution in [0.5, 0.6) is 0 Å². The number of aromatic nitrogens is 2. The van der Waals surface area contributed by atoms with Crippen LogP contribution in [0.2, 0.25) is 0 Å². The summed E-state index contributed by atoms with van der Waals surface area (Å²) in [5.74, 6) is 0. The minimum absolute atomic E-state index is 0.506. The van der Waals surface area contributed by atoms with Crippen molar-refractivity contribution in [3.8, 4) is 0 Å². The highest BCUT2D eigenvalue weighted by molar-refractivity contribution is 5.16. The van der Waals surface area contributed by atoms with Crippen molar-refractivity contribution in [3.05, 3.63) is 17.7 Å². The van der Waals surface area contributed by atoms with Crippen LogP contribution >= 0.6 is 0 Å². The van der Waals surface area contributed by atoms with Gasteiger partial charge in [-0.2, -0.15) is 0 Å². The fourth-order valence-electron chi connectivity index (χ4n) is 1.78. The summed E-state index contributed by atoms with van der Waals surface area (Å²) < 4.78 is 2.22. The van der Waals surface area contributed by atoms with Crippen molar-refractivity contribution in [2.75, 3.05) is 6.54 Å². The van der Waals surface area contributed by atoms with E-state index >= 15 is 0 Å². The summed E-state index contributed by atoms with van der Waals surface area (Å²) in [4.78, 5) is 4.24. The Labute approximate surface area is 66.2 Å². The van der Waals surface area contributed by atoms with Crippen molar-refractivity contribution in [1.29, 1.82) is 0 Å². The molecular formula is C8H13N3. The molecule has 3 heteroatoms. The minimum Gasteiger partial charge on any atom is -0.330 e. The first kappa shape index (κ1) is 6.85. The Balaban J connectivity index is 2.40. The van der Waals surface area contributed by atoms with Crippen molar-refractivity contribution in [2.45, 2.75) is 25.8 Å². The summed E-state index contributed by atoms with van der Waals surface area (Å²) in [5, 5.41) is 0. The van der Waals surface area contributed by atoms with E-state index in [1.807, 2.05) is 6.33 Å². The van der Waals surface area contributed by atoms with Crippen molar-refractivity contribution >= 4 is 0 Å². The molecule has 1 aliphatic heterocycles. The molecule has 0 aliphatic carbocycles. The molecular weight excluding hydrogens is 138 g/mol. The van der Waals surface area contributed by atoms with E-state index in [4.69, 9.17) is 5.73 Å². The van der Waals surface area contributed by atoms with Gasteiger partial charge in [-0.25, -0.2) is 4.98 Å². The first-order valence-electron chi connectivity index (χ1n) is 4.05. The first-order chi connectivity index (χ1) is 5.33.